The molecule has 1 aliphatic carbocycles. The second-order valence-corrected chi connectivity index (χ2v) is 4.59. The van der Waals surface area contributed by atoms with E-state index >= 15 is 0 Å². The number of fused-ring (bicyclic) bond motifs is 1. The molecule has 1 saturated carbocycles. The van der Waals surface area contributed by atoms with E-state index in [1.165, 1.54) is 0 Å². The van der Waals surface area contributed by atoms with Gasteiger partial charge in [-0.15, -0.1) is 0 Å². The minimum atomic E-state index is 0.104. The molecular weight excluding hydrogens is 200 g/mol. The number of nitrogens with two attached hydrogens (primary N) is 1. The van der Waals surface area contributed by atoms with Gasteiger partial charge in [-0.3, -0.25) is 0 Å². The van der Waals surface area contributed by atoms with E-state index in [1.54, 1.807) is 6.07 Å². The van der Waals surface area contributed by atoms with Crippen molar-refractivity contribution in [1.29, 1.82) is 5.26 Å². The maximum absolute atomic E-state index is 9.01. The summed E-state index contributed by atoms with van der Waals surface area (Å²) in [5.41, 5.74) is 8.33. The van der Waals surface area contributed by atoms with Gasteiger partial charge in [-0.25, -0.2) is 4.98 Å². The average Bonchev–Trinajstić information content (AvgIpc) is 2.90. The maximum Gasteiger partial charge on any atom is 0.201 e. The standard InChI is InChI=1S/C12H12N4/c1-12(5-6-12)16-9-4-2-3-8(7-13)10(9)15-11(16)14/h2-4H,5-6H2,1H3,(H2,14,15). The number of imidazole rings is 1. The summed E-state index contributed by atoms with van der Waals surface area (Å²) in [5, 5.41) is 9.01. The lowest BCUT2D eigenvalue weighted by Gasteiger charge is -2.13. The number of anilines is 1. The molecule has 0 unspecified atom stereocenters. The van der Waals surface area contributed by atoms with E-state index in [9.17, 15) is 0 Å². The van der Waals surface area contributed by atoms with Crippen molar-refractivity contribution < 1.29 is 0 Å². The van der Waals surface area contributed by atoms with Crippen LogP contribution in [-0.2, 0) is 5.54 Å². The fraction of sp³-hybridized carbons (Fsp3) is 0.333. The number of nitriles is 1. The number of hydrogen-bond acceptors (Lipinski definition) is 3. The van der Waals surface area contributed by atoms with Crippen molar-refractivity contribution >= 4 is 17.0 Å². The first-order valence-electron chi connectivity index (χ1n) is 5.33. The summed E-state index contributed by atoms with van der Waals surface area (Å²) in [5.74, 6) is 0.512. The summed E-state index contributed by atoms with van der Waals surface area (Å²) >= 11 is 0. The Morgan fingerprint density at radius 1 is 1.50 bits per heavy atom. The molecule has 1 aliphatic rings. The van der Waals surface area contributed by atoms with Crippen LogP contribution in [0.5, 0.6) is 0 Å². The summed E-state index contributed by atoms with van der Waals surface area (Å²) < 4.78 is 2.06. The summed E-state index contributed by atoms with van der Waals surface area (Å²) in [6.45, 7) is 2.17. The molecule has 0 aliphatic heterocycles. The number of rotatable bonds is 1. The molecule has 0 bridgehead atoms. The largest absolute Gasteiger partial charge is 0.369 e. The molecule has 1 aromatic heterocycles. The Kier molecular flexibility index (Phi) is 1.59. The van der Waals surface area contributed by atoms with E-state index in [0.717, 1.165) is 23.9 Å². The third kappa shape index (κ3) is 1.06. The van der Waals surface area contributed by atoms with Gasteiger partial charge in [-0.05, 0) is 31.9 Å². The van der Waals surface area contributed by atoms with Crippen molar-refractivity contribution in [1.82, 2.24) is 9.55 Å². The van der Waals surface area contributed by atoms with Crippen LogP contribution in [0.15, 0.2) is 18.2 Å². The van der Waals surface area contributed by atoms with Crippen molar-refractivity contribution in [3.8, 4) is 6.07 Å². The first kappa shape index (κ1) is 9.22. The zero-order valence-corrected chi connectivity index (χ0v) is 9.07. The molecule has 16 heavy (non-hydrogen) atoms. The summed E-state index contributed by atoms with van der Waals surface area (Å²) in [6.07, 6.45) is 2.25. The zero-order chi connectivity index (χ0) is 11.3. The van der Waals surface area contributed by atoms with Crippen LogP contribution in [0.3, 0.4) is 0 Å². The lowest BCUT2D eigenvalue weighted by molar-refractivity contribution is 0.557. The van der Waals surface area contributed by atoms with Crippen LogP contribution in [0, 0.1) is 11.3 Å². The van der Waals surface area contributed by atoms with Crippen LogP contribution < -0.4 is 5.73 Å². The Hall–Kier alpha value is -2.02. The third-order valence-corrected chi connectivity index (χ3v) is 3.34. The highest BCUT2D eigenvalue weighted by Gasteiger charge is 2.41. The first-order valence-corrected chi connectivity index (χ1v) is 5.33. The molecule has 3 rings (SSSR count). The highest BCUT2D eigenvalue weighted by atomic mass is 15.2. The highest BCUT2D eigenvalue weighted by molar-refractivity contribution is 5.84. The molecule has 80 valence electrons. The first-order chi connectivity index (χ1) is 7.65. The van der Waals surface area contributed by atoms with Crippen molar-refractivity contribution in [3.05, 3.63) is 23.8 Å². The summed E-state index contributed by atoms with van der Waals surface area (Å²) in [4.78, 5) is 4.31. The smallest absolute Gasteiger partial charge is 0.201 e. The predicted molar refractivity (Wildman–Crippen MR) is 61.7 cm³/mol. The average molecular weight is 212 g/mol. The highest BCUT2D eigenvalue weighted by Crippen LogP contribution is 2.46. The molecule has 2 aromatic rings. The lowest BCUT2D eigenvalue weighted by Crippen LogP contribution is -2.14. The van der Waals surface area contributed by atoms with E-state index in [0.29, 0.717) is 11.5 Å². The number of nitrogen functional groups attached to an aromatic ring is 1. The Morgan fingerprint density at radius 3 is 2.88 bits per heavy atom. The molecule has 1 heterocycles. The van der Waals surface area contributed by atoms with E-state index in [4.69, 9.17) is 11.0 Å². The topological polar surface area (TPSA) is 67.6 Å². The fourth-order valence-corrected chi connectivity index (χ4v) is 2.18. The molecular formula is C12H12N4. The van der Waals surface area contributed by atoms with E-state index in [2.05, 4.69) is 22.5 Å². The normalized spacial score (nSPS) is 17.2. The van der Waals surface area contributed by atoms with Crippen molar-refractivity contribution in [2.75, 3.05) is 5.73 Å². The zero-order valence-electron chi connectivity index (χ0n) is 9.07. The Balaban J connectivity index is 2.39. The van der Waals surface area contributed by atoms with Gasteiger partial charge in [0.2, 0.25) is 5.95 Å². The van der Waals surface area contributed by atoms with Crippen LogP contribution in [0.25, 0.3) is 11.0 Å². The SMILES string of the molecule is CC1(n2c(N)nc3c(C#N)cccc32)CC1. The molecule has 0 radical (unpaired) electrons. The van der Waals surface area contributed by atoms with Gasteiger partial charge < -0.3 is 10.3 Å². The molecule has 1 aromatic carbocycles. The summed E-state index contributed by atoms with van der Waals surface area (Å²) in [7, 11) is 0. The molecule has 4 nitrogen and oxygen atoms in total. The number of nitrogens with zero attached hydrogens (tertiary/aromatic N) is 3. The maximum atomic E-state index is 9.01. The number of hydrogen-bond donors (Lipinski definition) is 1. The van der Waals surface area contributed by atoms with Gasteiger partial charge in [0.25, 0.3) is 0 Å². The number of benzene rings is 1. The van der Waals surface area contributed by atoms with Crippen LogP contribution in [0.1, 0.15) is 25.3 Å². The second kappa shape index (κ2) is 2.76. The van der Waals surface area contributed by atoms with Crippen molar-refractivity contribution in [3.63, 3.8) is 0 Å². The second-order valence-electron chi connectivity index (χ2n) is 4.59. The van der Waals surface area contributed by atoms with E-state index < -0.39 is 0 Å². The van der Waals surface area contributed by atoms with Crippen LogP contribution >= 0.6 is 0 Å². The van der Waals surface area contributed by atoms with Crippen molar-refractivity contribution in [2.45, 2.75) is 25.3 Å². The molecule has 0 amide bonds. The molecule has 0 spiro atoms. The third-order valence-electron chi connectivity index (χ3n) is 3.34. The summed E-state index contributed by atoms with van der Waals surface area (Å²) in [6, 6.07) is 7.78. The lowest BCUT2D eigenvalue weighted by atomic mass is 10.2. The monoisotopic (exact) mass is 212 g/mol. The number of aromatic nitrogens is 2. The molecule has 2 N–H and O–H groups in total. The Labute approximate surface area is 93.3 Å². The quantitative estimate of drug-likeness (QED) is 0.786. The minimum absolute atomic E-state index is 0.104. The predicted octanol–water partition coefficient (Wildman–Crippen LogP) is 2.00. The fourth-order valence-electron chi connectivity index (χ4n) is 2.18. The molecule has 4 heteroatoms. The van der Waals surface area contributed by atoms with Gasteiger partial charge in [-0.1, -0.05) is 6.07 Å². The Bertz CT molecular complexity index is 614. The van der Waals surface area contributed by atoms with Gasteiger partial charge in [0, 0.05) is 5.54 Å². The van der Waals surface area contributed by atoms with Crippen LogP contribution in [-0.4, -0.2) is 9.55 Å². The Morgan fingerprint density at radius 2 is 2.25 bits per heavy atom. The minimum Gasteiger partial charge on any atom is -0.369 e. The van der Waals surface area contributed by atoms with Gasteiger partial charge in [0.15, 0.2) is 0 Å². The van der Waals surface area contributed by atoms with Gasteiger partial charge in [0.1, 0.15) is 11.6 Å². The van der Waals surface area contributed by atoms with Crippen LogP contribution in [0.4, 0.5) is 5.95 Å². The van der Waals surface area contributed by atoms with Crippen molar-refractivity contribution in [2.24, 2.45) is 0 Å². The molecule has 1 fully saturated rings. The van der Waals surface area contributed by atoms with E-state index in [1.807, 2.05) is 12.1 Å². The van der Waals surface area contributed by atoms with E-state index in [-0.39, 0.29) is 5.54 Å². The molecule has 0 saturated heterocycles. The van der Waals surface area contributed by atoms with Gasteiger partial charge >= 0.3 is 0 Å². The van der Waals surface area contributed by atoms with Gasteiger partial charge in [0.05, 0.1) is 11.1 Å². The molecule has 0 atom stereocenters. The van der Waals surface area contributed by atoms with Gasteiger partial charge in [-0.2, -0.15) is 5.26 Å². The number of para-hydroxylation sites is 1. The van der Waals surface area contributed by atoms with Crippen LogP contribution in [0.2, 0.25) is 0 Å².